The summed E-state index contributed by atoms with van der Waals surface area (Å²) in [5.74, 6) is -0.275. The molecule has 0 aromatic rings. The number of hydrogen-bond donors (Lipinski definition) is 2. The Kier molecular flexibility index (Phi) is 4.58. The quantitative estimate of drug-likeness (QED) is 0.783. The van der Waals surface area contributed by atoms with Gasteiger partial charge < -0.3 is 15.3 Å². The minimum absolute atomic E-state index is 0.00484. The van der Waals surface area contributed by atoms with Crippen molar-refractivity contribution < 1.29 is 14.7 Å². The predicted molar refractivity (Wildman–Crippen MR) is 67.2 cm³/mol. The second-order valence-corrected chi connectivity index (χ2v) is 5.37. The van der Waals surface area contributed by atoms with Gasteiger partial charge >= 0.3 is 5.97 Å². The van der Waals surface area contributed by atoms with Crippen LogP contribution in [0.1, 0.15) is 38.5 Å². The van der Waals surface area contributed by atoms with Crippen molar-refractivity contribution in [3.05, 3.63) is 0 Å². The van der Waals surface area contributed by atoms with Gasteiger partial charge in [0.15, 0.2) is 0 Å². The predicted octanol–water partition coefficient (Wildman–Crippen LogP) is 0.842. The summed E-state index contributed by atoms with van der Waals surface area (Å²) in [6.07, 6.45) is 5.11. The highest BCUT2D eigenvalue weighted by molar-refractivity contribution is 5.82. The van der Waals surface area contributed by atoms with Gasteiger partial charge in [-0.2, -0.15) is 0 Å². The number of nitrogens with zero attached hydrogens (tertiary/aromatic N) is 1. The summed E-state index contributed by atoms with van der Waals surface area (Å²) in [7, 11) is 0. The van der Waals surface area contributed by atoms with Crippen LogP contribution in [0.3, 0.4) is 0 Å². The molecule has 2 heterocycles. The van der Waals surface area contributed by atoms with Gasteiger partial charge in [-0.25, -0.2) is 0 Å². The first-order chi connectivity index (χ1) is 8.66. The lowest BCUT2D eigenvalue weighted by atomic mass is 9.93. The maximum atomic E-state index is 12.2. The molecule has 2 aliphatic heterocycles. The van der Waals surface area contributed by atoms with E-state index >= 15 is 0 Å². The fourth-order valence-corrected chi connectivity index (χ4v) is 2.89. The molecule has 2 N–H and O–H groups in total. The van der Waals surface area contributed by atoms with E-state index in [0.717, 1.165) is 51.7 Å². The van der Waals surface area contributed by atoms with Gasteiger partial charge in [-0.1, -0.05) is 6.42 Å². The summed E-state index contributed by atoms with van der Waals surface area (Å²) < 4.78 is 0. The molecule has 0 saturated carbocycles. The van der Waals surface area contributed by atoms with Gasteiger partial charge in [0.1, 0.15) is 0 Å². The summed E-state index contributed by atoms with van der Waals surface area (Å²) in [4.78, 5) is 24.8. The van der Waals surface area contributed by atoms with Crippen molar-refractivity contribution in [2.75, 3.05) is 19.6 Å². The summed E-state index contributed by atoms with van der Waals surface area (Å²) in [5.41, 5.74) is 0. The van der Waals surface area contributed by atoms with Crippen molar-refractivity contribution in [3.63, 3.8) is 0 Å². The van der Waals surface area contributed by atoms with Crippen LogP contribution >= 0.6 is 0 Å². The highest BCUT2D eigenvalue weighted by atomic mass is 16.4. The van der Waals surface area contributed by atoms with Crippen molar-refractivity contribution in [2.45, 2.75) is 44.6 Å². The Morgan fingerprint density at radius 2 is 1.89 bits per heavy atom. The van der Waals surface area contributed by atoms with Gasteiger partial charge in [0.05, 0.1) is 6.04 Å². The molecule has 102 valence electrons. The number of rotatable bonds is 3. The molecule has 2 aliphatic rings. The molecule has 0 aliphatic carbocycles. The lowest BCUT2D eigenvalue weighted by Crippen LogP contribution is -2.50. The summed E-state index contributed by atoms with van der Waals surface area (Å²) in [6.45, 7) is 2.37. The zero-order valence-electron chi connectivity index (χ0n) is 10.7. The average Bonchev–Trinajstić information content (AvgIpc) is 2.39. The molecule has 1 unspecified atom stereocenters. The van der Waals surface area contributed by atoms with Crippen LogP contribution in [0, 0.1) is 5.92 Å². The van der Waals surface area contributed by atoms with Crippen molar-refractivity contribution in [1.29, 1.82) is 0 Å². The molecule has 0 radical (unpaired) electrons. The van der Waals surface area contributed by atoms with Crippen molar-refractivity contribution in [3.8, 4) is 0 Å². The van der Waals surface area contributed by atoms with Crippen molar-refractivity contribution >= 4 is 11.9 Å². The Bertz CT molecular complexity index is 305. The average molecular weight is 254 g/mol. The van der Waals surface area contributed by atoms with Gasteiger partial charge in [0, 0.05) is 19.5 Å². The second-order valence-electron chi connectivity index (χ2n) is 5.37. The largest absolute Gasteiger partial charge is 0.481 e. The minimum atomic E-state index is -0.728. The smallest absolute Gasteiger partial charge is 0.303 e. The van der Waals surface area contributed by atoms with E-state index in [1.807, 2.05) is 4.90 Å². The molecule has 0 aromatic carbocycles. The molecule has 2 fully saturated rings. The van der Waals surface area contributed by atoms with Crippen LogP contribution in [0.15, 0.2) is 0 Å². The lowest BCUT2D eigenvalue weighted by molar-refractivity contribution is -0.139. The number of aliphatic carboxylic acids is 1. The summed E-state index contributed by atoms with van der Waals surface area (Å²) in [5, 5.41) is 12.0. The molecule has 5 nitrogen and oxygen atoms in total. The Balaban J connectivity index is 1.78. The second kappa shape index (κ2) is 6.18. The Labute approximate surface area is 108 Å². The number of hydrogen-bond acceptors (Lipinski definition) is 3. The van der Waals surface area contributed by atoms with E-state index in [-0.39, 0.29) is 24.3 Å². The number of nitrogens with one attached hydrogen (secondary N) is 1. The Hall–Kier alpha value is -1.10. The third-order valence-electron chi connectivity index (χ3n) is 4.00. The van der Waals surface area contributed by atoms with E-state index < -0.39 is 5.97 Å². The van der Waals surface area contributed by atoms with Crippen molar-refractivity contribution in [1.82, 2.24) is 10.2 Å². The third-order valence-corrected chi connectivity index (χ3v) is 4.00. The molecule has 2 rings (SSSR count). The number of carbonyl (C=O) groups is 2. The molecular weight excluding hydrogens is 232 g/mol. The molecule has 2 saturated heterocycles. The minimum Gasteiger partial charge on any atom is -0.481 e. The highest BCUT2D eigenvalue weighted by Crippen LogP contribution is 2.21. The monoisotopic (exact) mass is 254 g/mol. The maximum Gasteiger partial charge on any atom is 0.303 e. The molecule has 0 bridgehead atoms. The maximum absolute atomic E-state index is 12.2. The Morgan fingerprint density at radius 1 is 1.17 bits per heavy atom. The number of carbonyl (C=O) groups excluding carboxylic acids is 1. The number of likely N-dealkylation sites (tertiary alicyclic amines) is 1. The number of carboxylic acid groups (broad SMARTS) is 1. The molecule has 5 heteroatoms. The molecule has 0 aromatic heterocycles. The zero-order valence-corrected chi connectivity index (χ0v) is 10.7. The first kappa shape index (κ1) is 13.3. The molecule has 1 amide bonds. The van der Waals surface area contributed by atoms with Gasteiger partial charge in [0.25, 0.3) is 0 Å². The van der Waals surface area contributed by atoms with E-state index in [0.29, 0.717) is 0 Å². The van der Waals surface area contributed by atoms with Crippen molar-refractivity contribution in [2.24, 2.45) is 5.92 Å². The number of carboxylic acids is 1. The molecule has 18 heavy (non-hydrogen) atoms. The number of piperidine rings is 2. The van der Waals surface area contributed by atoms with Gasteiger partial charge in [-0.15, -0.1) is 0 Å². The highest BCUT2D eigenvalue weighted by Gasteiger charge is 2.29. The third kappa shape index (κ3) is 3.45. The standard InChI is InChI=1S/C13H22N2O3/c16-12(17)9-10-4-7-15(8-5-10)13(18)11-3-1-2-6-14-11/h10-11,14H,1-9H2,(H,16,17). The van der Waals surface area contributed by atoms with Crippen LogP contribution in [-0.2, 0) is 9.59 Å². The van der Waals surface area contributed by atoms with Crippen LogP contribution in [0.5, 0.6) is 0 Å². The molecule has 0 spiro atoms. The fraction of sp³-hybridized carbons (Fsp3) is 0.846. The van der Waals surface area contributed by atoms with E-state index in [2.05, 4.69) is 5.32 Å². The van der Waals surface area contributed by atoms with Crippen LogP contribution < -0.4 is 5.32 Å². The van der Waals surface area contributed by atoms with Crippen LogP contribution in [0.25, 0.3) is 0 Å². The van der Waals surface area contributed by atoms with E-state index in [4.69, 9.17) is 5.11 Å². The summed E-state index contributed by atoms with van der Waals surface area (Å²) >= 11 is 0. The van der Waals surface area contributed by atoms with E-state index in [1.165, 1.54) is 0 Å². The van der Waals surface area contributed by atoms with Crippen LogP contribution in [0.4, 0.5) is 0 Å². The van der Waals surface area contributed by atoms with Gasteiger partial charge in [-0.3, -0.25) is 9.59 Å². The SMILES string of the molecule is O=C(O)CC1CCN(C(=O)C2CCCCN2)CC1. The normalized spacial score (nSPS) is 26.0. The number of amides is 1. The van der Waals surface area contributed by atoms with Gasteiger partial charge in [0.2, 0.25) is 5.91 Å². The first-order valence-electron chi connectivity index (χ1n) is 6.91. The molecule has 1 atom stereocenters. The Morgan fingerprint density at radius 3 is 2.44 bits per heavy atom. The van der Waals surface area contributed by atoms with E-state index in [9.17, 15) is 9.59 Å². The lowest BCUT2D eigenvalue weighted by Gasteiger charge is -2.35. The first-order valence-corrected chi connectivity index (χ1v) is 6.91. The van der Waals surface area contributed by atoms with Crippen LogP contribution in [-0.4, -0.2) is 47.6 Å². The van der Waals surface area contributed by atoms with Gasteiger partial charge in [-0.05, 0) is 38.1 Å². The summed E-state index contributed by atoms with van der Waals surface area (Å²) in [6, 6.07) is -0.00484. The molecular formula is C13H22N2O3. The zero-order chi connectivity index (χ0) is 13.0. The fourth-order valence-electron chi connectivity index (χ4n) is 2.89. The topological polar surface area (TPSA) is 69.6 Å². The van der Waals surface area contributed by atoms with Crippen LogP contribution in [0.2, 0.25) is 0 Å². The van der Waals surface area contributed by atoms with E-state index in [1.54, 1.807) is 0 Å².